The highest BCUT2D eigenvalue weighted by Gasteiger charge is 2.16. The van der Waals surface area contributed by atoms with Crippen LogP contribution in [-0.2, 0) is 11.3 Å². The number of carbonyl (C=O) groups is 2. The number of ether oxygens (including phenoxy) is 2. The first-order valence-corrected chi connectivity index (χ1v) is 8.30. The molecule has 2 rings (SSSR count). The van der Waals surface area contributed by atoms with Crippen molar-refractivity contribution in [2.45, 2.75) is 26.4 Å². The van der Waals surface area contributed by atoms with E-state index in [-0.39, 0.29) is 17.9 Å². The highest BCUT2D eigenvalue weighted by atomic mass is 16.5. The highest BCUT2D eigenvalue weighted by Crippen LogP contribution is 2.29. The van der Waals surface area contributed by atoms with Gasteiger partial charge in [0, 0.05) is 24.6 Å². The number of carbonyl (C=O) groups excluding carboxylic acids is 2. The minimum atomic E-state index is -0.258. The molecule has 6 heteroatoms. The first kappa shape index (κ1) is 19.3. The molecule has 0 aliphatic heterocycles. The summed E-state index contributed by atoms with van der Waals surface area (Å²) in [4.78, 5) is 23.5. The smallest absolute Gasteiger partial charge is 0.251 e. The number of benzene rings is 2. The fourth-order valence-corrected chi connectivity index (χ4v) is 2.54. The first-order valence-electron chi connectivity index (χ1n) is 8.30. The Morgan fingerprint density at radius 2 is 1.73 bits per heavy atom. The average molecular weight is 356 g/mol. The molecule has 2 amide bonds. The van der Waals surface area contributed by atoms with Crippen LogP contribution in [-0.4, -0.2) is 26.0 Å². The topological polar surface area (TPSA) is 76.7 Å². The third-order valence-electron chi connectivity index (χ3n) is 4.01. The fraction of sp³-hybridized carbons (Fsp3) is 0.300. The van der Waals surface area contributed by atoms with Crippen molar-refractivity contribution in [3.05, 3.63) is 59.2 Å². The molecule has 0 saturated heterocycles. The summed E-state index contributed by atoms with van der Waals surface area (Å²) in [6.07, 6.45) is 0. The predicted molar refractivity (Wildman–Crippen MR) is 99.4 cm³/mol. The second kappa shape index (κ2) is 8.89. The van der Waals surface area contributed by atoms with E-state index in [1.165, 1.54) is 6.92 Å². The van der Waals surface area contributed by atoms with Gasteiger partial charge in [-0.05, 0) is 42.8 Å². The number of methoxy groups -OCH3 is 2. The normalized spacial score (nSPS) is 11.4. The number of rotatable bonds is 7. The number of amides is 2. The first-order chi connectivity index (χ1) is 12.4. The molecular weight excluding hydrogens is 332 g/mol. The molecule has 0 aromatic heterocycles. The van der Waals surface area contributed by atoms with E-state index in [1.807, 2.05) is 37.3 Å². The minimum Gasteiger partial charge on any atom is -0.497 e. The van der Waals surface area contributed by atoms with Crippen molar-refractivity contribution in [3.63, 3.8) is 0 Å². The predicted octanol–water partition coefficient (Wildman–Crippen LogP) is 2.83. The molecule has 0 heterocycles. The lowest BCUT2D eigenvalue weighted by molar-refractivity contribution is -0.119. The molecule has 1 atom stereocenters. The minimum absolute atomic E-state index is 0.0899. The van der Waals surface area contributed by atoms with E-state index in [9.17, 15) is 9.59 Å². The van der Waals surface area contributed by atoms with Crippen molar-refractivity contribution in [1.82, 2.24) is 10.6 Å². The van der Waals surface area contributed by atoms with Gasteiger partial charge in [-0.2, -0.15) is 0 Å². The van der Waals surface area contributed by atoms with E-state index in [0.29, 0.717) is 23.6 Å². The molecular formula is C20H24N2O4. The van der Waals surface area contributed by atoms with Crippen molar-refractivity contribution in [2.24, 2.45) is 0 Å². The lowest BCUT2D eigenvalue weighted by atomic mass is 10.1. The van der Waals surface area contributed by atoms with Crippen molar-refractivity contribution in [3.8, 4) is 11.5 Å². The van der Waals surface area contributed by atoms with Crippen molar-refractivity contribution >= 4 is 11.8 Å². The Hall–Kier alpha value is -3.02. The number of hydrogen-bond acceptors (Lipinski definition) is 4. The van der Waals surface area contributed by atoms with Gasteiger partial charge in [-0.3, -0.25) is 9.59 Å². The zero-order valence-electron chi connectivity index (χ0n) is 15.5. The molecule has 0 radical (unpaired) electrons. The molecule has 0 spiro atoms. The molecule has 6 nitrogen and oxygen atoms in total. The maximum Gasteiger partial charge on any atom is 0.251 e. The highest BCUT2D eigenvalue weighted by molar-refractivity contribution is 5.94. The van der Waals surface area contributed by atoms with Gasteiger partial charge >= 0.3 is 0 Å². The fourth-order valence-electron chi connectivity index (χ4n) is 2.54. The molecule has 1 unspecified atom stereocenters. The van der Waals surface area contributed by atoms with Crippen LogP contribution in [0.1, 0.15) is 41.4 Å². The molecule has 2 N–H and O–H groups in total. The van der Waals surface area contributed by atoms with Crippen LogP contribution in [0.4, 0.5) is 0 Å². The molecule has 2 aromatic carbocycles. The molecule has 0 aliphatic carbocycles. The average Bonchev–Trinajstić information content (AvgIpc) is 2.66. The van der Waals surface area contributed by atoms with Gasteiger partial charge in [0.2, 0.25) is 5.91 Å². The Balaban J connectivity index is 2.08. The maximum atomic E-state index is 12.5. The number of nitrogens with one attached hydrogen (secondary N) is 2. The van der Waals surface area contributed by atoms with Crippen LogP contribution in [0.25, 0.3) is 0 Å². The van der Waals surface area contributed by atoms with E-state index >= 15 is 0 Å². The van der Waals surface area contributed by atoms with Crippen LogP contribution in [0.3, 0.4) is 0 Å². The van der Waals surface area contributed by atoms with Gasteiger partial charge in [0.15, 0.2) is 0 Å². The molecule has 0 saturated carbocycles. The zero-order chi connectivity index (χ0) is 19.1. The Labute approximate surface area is 153 Å². The van der Waals surface area contributed by atoms with E-state index in [2.05, 4.69) is 10.6 Å². The summed E-state index contributed by atoms with van der Waals surface area (Å²) in [6.45, 7) is 3.80. The molecule has 0 aliphatic rings. The van der Waals surface area contributed by atoms with E-state index < -0.39 is 0 Å². The molecule has 0 bridgehead atoms. The van der Waals surface area contributed by atoms with Gasteiger partial charge in [0.1, 0.15) is 11.5 Å². The quantitative estimate of drug-likeness (QED) is 0.800. The van der Waals surface area contributed by atoms with Gasteiger partial charge in [0.05, 0.1) is 20.3 Å². The van der Waals surface area contributed by atoms with Gasteiger partial charge in [-0.1, -0.05) is 12.1 Å². The molecule has 0 fully saturated rings. The Morgan fingerprint density at radius 1 is 1.04 bits per heavy atom. The van der Waals surface area contributed by atoms with Gasteiger partial charge < -0.3 is 20.1 Å². The van der Waals surface area contributed by atoms with Gasteiger partial charge in [-0.25, -0.2) is 0 Å². The van der Waals surface area contributed by atoms with Crippen LogP contribution < -0.4 is 20.1 Å². The van der Waals surface area contributed by atoms with Crippen LogP contribution in [0.15, 0.2) is 42.5 Å². The Kier molecular flexibility index (Phi) is 6.60. The van der Waals surface area contributed by atoms with Crippen molar-refractivity contribution in [2.75, 3.05) is 14.2 Å². The summed E-state index contributed by atoms with van der Waals surface area (Å²) < 4.78 is 10.6. The monoisotopic (exact) mass is 356 g/mol. The largest absolute Gasteiger partial charge is 0.497 e. The van der Waals surface area contributed by atoms with Crippen LogP contribution in [0.2, 0.25) is 0 Å². The third-order valence-corrected chi connectivity index (χ3v) is 4.01. The third kappa shape index (κ3) is 4.99. The maximum absolute atomic E-state index is 12.5. The van der Waals surface area contributed by atoms with Gasteiger partial charge in [-0.15, -0.1) is 0 Å². The number of hydrogen-bond donors (Lipinski definition) is 2. The lowest BCUT2D eigenvalue weighted by Gasteiger charge is -2.18. The second-order valence-corrected chi connectivity index (χ2v) is 5.91. The summed E-state index contributed by atoms with van der Waals surface area (Å²) in [5.74, 6) is 1.11. The molecule has 138 valence electrons. The lowest BCUT2D eigenvalue weighted by Crippen LogP contribution is -2.27. The van der Waals surface area contributed by atoms with Gasteiger partial charge in [0.25, 0.3) is 5.91 Å². The summed E-state index contributed by atoms with van der Waals surface area (Å²) in [6, 6.07) is 12.3. The summed E-state index contributed by atoms with van der Waals surface area (Å²) >= 11 is 0. The Bertz CT molecular complexity index is 772. The zero-order valence-corrected chi connectivity index (χ0v) is 15.5. The van der Waals surface area contributed by atoms with Crippen molar-refractivity contribution in [1.29, 1.82) is 0 Å². The Morgan fingerprint density at radius 3 is 2.31 bits per heavy atom. The van der Waals surface area contributed by atoms with E-state index in [0.717, 1.165) is 11.1 Å². The molecule has 2 aromatic rings. The summed E-state index contributed by atoms with van der Waals surface area (Å²) in [5.41, 5.74) is 2.31. The van der Waals surface area contributed by atoms with Crippen LogP contribution in [0.5, 0.6) is 11.5 Å². The molecule has 26 heavy (non-hydrogen) atoms. The van der Waals surface area contributed by atoms with Crippen molar-refractivity contribution < 1.29 is 19.1 Å². The van der Waals surface area contributed by atoms with E-state index in [1.54, 1.807) is 26.4 Å². The van der Waals surface area contributed by atoms with Crippen LogP contribution in [0, 0.1) is 0 Å². The summed E-state index contributed by atoms with van der Waals surface area (Å²) in [5, 5.41) is 5.69. The van der Waals surface area contributed by atoms with E-state index in [4.69, 9.17) is 9.47 Å². The summed E-state index contributed by atoms with van der Waals surface area (Å²) in [7, 11) is 3.19. The SMILES string of the molecule is COc1ccc(OC)c(C(C)NC(=O)c2ccc(CNC(C)=O)cc2)c1. The van der Waals surface area contributed by atoms with Crippen LogP contribution >= 0.6 is 0 Å². The standard InChI is InChI=1S/C20H24N2O4/c1-13(18-11-17(25-3)9-10-19(18)26-4)22-20(24)16-7-5-15(6-8-16)12-21-14(2)23/h5-11,13H,12H2,1-4H3,(H,21,23)(H,22,24). The second-order valence-electron chi connectivity index (χ2n) is 5.91.